The Balaban J connectivity index is 2.35. The minimum atomic E-state index is -4.19. The van der Waals surface area contributed by atoms with E-state index in [1.807, 2.05) is 0 Å². The Morgan fingerprint density at radius 2 is 1.91 bits per heavy atom. The quantitative estimate of drug-likeness (QED) is 0.310. The van der Waals surface area contributed by atoms with Gasteiger partial charge in [0.1, 0.15) is 21.3 Å². The van der Waals surface area contributed by atoms with E-state index < -0.39 is 33.6 Å². The fourth-order valence-corrected chi connectivity index (χ4v) is 5.20. The van der Waals surface area contributed by atoms with Crippen molar-refractivity contribution in [3.05, 3.63) is 46.6 Å². The van der Waals surface area contributed by atoms with E-state index in [1.165, 1.54) is 32.2 Å². The summed E-state index contributed by atoms with van der Waals surface area (Å²) in [5, 5.41) is 24.9. The molecule has 1 unspecified atom stereocenters. The van der Waals surface area contributed by atoms with Gasteiger partial charge in [0.25, 0.3) is 0 Å². The summed E-state index contributed by atoms with van der Waals surface area (Å²) in [6.07, 6.45) is -2.06. The van der Waals surface area contributed by atoms with Crippen LogP contribution in [-0.4, -0.2) is 54.0 Å². The number of carbonyl (C=O) groups is 1. The van der Waals surface area contributed by atoms with Crippen LogP contribution in [0.1, 0.15) is 44.2 Å². The molecule has 2 aromatic rings. The first-order chi connectivity index (χ1) is 14.7. The molecule has 1 atom stereocenters. The summed E-state index contributed by atoms with van der Waals surface area (Å²) < 4.78 is 45.7. The zero-order chi connectivity index (χ0) is 24.3. The highest BCUT2D eigenvalue weighted by Gasteiger charge is 2.30. The zero-order valence-electron chi connectivity index (χ0n) is 18.3. The highest BCUT2D eigenvalue weighted by atomic mass is 32.2. The predicted octanol–water partition coefficient (Wildman–Crippen LogP) is 3.79. The van der Waals surface area contributed by atoms with Crippen LogP contribution in [0.5, 0.6) is 0 Å². The molecule has 0 aliphatic rings. The maximum absolute atomic E-state index is 13.2. The van der Waals surface area contributed by atoms with Gasteiger partial charge in [-0.25, -0.2) is 17.6 Å². The molecule has 3 N–H and O–H groups in total. The smallest absolute Gasteiger partial charge is 0.412 e. The number of likely N-dealkylation sites (N-methyl/N-ethyl adjacent to an activating group) is 1. The number of amides is 1. The van der Waals surface area contributed by atoms with Crippen LogP contribution in [0, 0.1) is 5.82 Å². The second-order valence-electron chi connectivity index (χ2n) is 7.97. The highest BCUT2D eigenvalue weighted by molar-refractivity contribution is 7.89. The first-order valence-electron chi connectivity index (χ1n) is 9.47. The van der Waals surface area contributed by atoms with Crippen molar-refractivity contribution in [1.82, 2.24) is 4.31 Å². The molecular weight excluding hydrogens is 461 g/mol. The summed E-state index contributed by atoms with van der Waals surface area (Å²) in [7, 11) is -2.92. The third kappa shape index (κ3) is 6.48. The van der Waals surface area contributed by atoms with Crippen molar-refractivity contribution in [2.24, 2.45) is 5.16 Å². The van der Waals surface area contributed by atoms with Gasteiger partial charge < -0.3 is 15.1 Å². The molecule has 1 aromatic heterocycles. The van der Waals surface area contributed by atoms with E-state index >= 15 is 0 Å². The predicted molar refractivity (Wildman–Crippen MR) is 119 cm³/mol. The van der Waals surface area contributed by atoms with Crippen LogP contribution < -0.4 is 5.32 Å². The summed E-state index contributed by atoms with van der Waals surface area (Å²) >= 11 is 0.895. The van der Waals surface area contributed by atoms with Gasteiger partial charge >= 0.3 is 6.09 Å². The molecule has 0 saturated carbocycles. The summed E-state index contributed by atoms with van der Waals surface area (Å²) in [6, 6.07) is 6.32. The van der Waals surface area contributed by atoms with Crippen molar-refractivity contribution in [3.63, 3.8) is 0 Å². The molecule has 0 bridgehead atoms. The standard InChI is InChI=1S/C20H26FN3O6S2/c1-12(23-27)16-10-17(18(31-16)22-19(26)30-20(2,3)4)32(28,29)24(5)11-15(25)13-6-8-14(21)9-7-13/h6-10,15,25,27H,11H2,1-5H3,(H,22,26)/b23-12-. The third-order valence-electron chi connectivity index (χ3n) is 4.19. The molecule has 1 aromatic carbocycles. The second kappa shape index (κ2) is 9.94. The van der Waals surface area contributed by atoms with Crippen LogP contribution in [0.4, 0.5) is 14.2 Å². The van der Waals surface area contributed by atoms with Gasteiger partial charge in [-0.15, -0.1) is 11.3 Å². The van der Waals surface area contributed by atoms with Crippen LogP contribution in [0.3, 0.4) is 0 Å². The Morgan fingerprint density at radius 3 is 2.44 bits per heavy atom. The largest absolute Gasteiger partial charge is 0.444 e. The molecule has 0 fully saturated rings. The van der Waals surface area contributed by atoms with E-state index in [0.717, 1.165) is 27.8 Å². The van der Waals surface area contributed by atoms with Gasteiger partial charge in [0, 0.05) is 13.6 Å². The molecule has 9 nitrogen and oxygen atoms in total. The summed E-state index contributed by atoms with van der Waals surface area (Å²) in [5.74, 6) is -0.480. The fourth-order valence-electron chi connectivity index (χ4n) is 2.58. The molecule has 0 spiro atoms. The lowest BCUT2D eigenvalue weighted by Gasteiger charge is -2.22. The summed E-state index contributed by atoms with van der Waals surface area (Å²) in [6.45, 7) is 6.14. The number of sulfonamides is 1. The molecule has 0 aliphatic carbocycles. The van der Waals surface area contributed by atoms with Gasteiger partial charge in [-0.2, -0.15) is 4.31 Å². The van der Waals surface area contributed by atoms with Gasteiger partial charge in [-0.1, -0.05) is 17.3 Å². The minimum absolute atomic E-state index is 0.0274. The van der Waals surface area contributed by atoms with Crippen molar-refractivity contribution in [1.29, 1.82) is 0 Å². The lowest BCUT2D eigenvalue weighted by molar-refractivity contribution is 0.0636. The maximum atomic E-state index is 13.2. The van der Waals surface area contributed by atoms with Crippen molar-refractivity contribution < 1.29 is 32.7 Å². The SMILES string of the molecule is C/C(=N/O)c1cc(S(=O)(=O)N(C)CC(O)c2ccc(F)cc2)c(NC(=O)OC(C)(C)C)s1. The Hall–Kier alpha value is -2.54. The lowest BCUT2D eigenvalue weighted by atomic mass is 10.1. The average Bonchev–Trinajstić information content (AvgIpc) is 3.10. The number of rotatable bonds is 7. The number of nitrogens with one attached hydrogen (secondary N) is 1. The van der Waals surface area contributed by atoms with Crippen LogP contribution in [0.15, 0.2) is 40.4 Å². The molecule has 176 valence electrons. The first-order valence-corrected chi connectivity index (χ1v) is 11.7. The van der Waals surface area contributed by atoms with E-state index in [9.17, 15) is 22.7 Å². The van der Waals surface area contributed by atoms with Crippen LogP contribution in [0.25, 0.3) is 0 Å². The highest BCUT2D eigenvalue weighted by Crippen LogP contribution is 2.35. The van der Waals surface area contributed by atoms with Gasteiger partial charge in [0.15, 0.2) is 0 Å². The Bertz CT molecular complexity index is 1090. The van der Waals surface area contributed by atoms with Crippen LogP contribution >= 0.6 is 11.3 Å². The Morgan fingerprint density at radius 1 is 1.31 bits per heavy atom. The van der Waals surface area contributed by atoms with E-state index in [4.69, 9.17) is 9.94 Å². The number of oxime groups is 1. The molecule has 0 radical (unpaired) electrons. The van der Waals surface area contributed by atoms with Crippen molar-refractivity contribution in [2.75, 3.05) is 18.9 Å². The number of benzene rings is 1. The van der Waals surface area contributed by atoms with E-state index in [2.05, 4.69) is 10.5 Å². The Kier molecular flexibility index (Phi) is 7.99. The minimum Gasteiger partial charge on any atom is -0.444 e. The molecule has 12 heteroatoms. The molecule has 2 rings (SSSR count). The van der Waals surface area contributed by atoms with Gasteiger partial charge in [-0.3, -0.25) is 5.32 Å². The summed E-state index contributed by atoms with van der Waals surface area (Å²) in [4.78, 5) is 12.3. The molecule has 1 amide bonds. The van der Waals surface area contributed by atoms with E-state index in [0.29, 0.717) is 10.4 Å². The molecular formula is C20H26FN3O6S2. The van der Waals surface area contributed by atoms with Gasteiger partial charge in [-0.05, 0) is 51.5 Å². The number of aliphatic hydroxyl groups excluding tert-OH is 1. The average molecular weight is 488 g/mol. The summed E-state index contributed by atoms with van der Waals surface area (Å²) in [5.41, 5.74) is -0.311. The van der Waals surface area contributed by atoms with Gasteiger partial charge in [0.2, 0.25) is 10.0 Å². The monoisotopic (exact) mass is 487 g/mol. The number of nitrogens with zero attached hydrogens (tertiary/aromatic N) is 2. The normalized spacial score (nSPS) is 13.8. The lowest BCUT2D eigenvalue weighted by Crippen LogP contribution is -2.32. The van der Waals surface area contributed by atoms with E-state index in [-0.39, 0.29) is 22.2 Å². The van der Waals surface area contributed by atoms with E-state index in [1.54, 1.807) is 20.8 Å². The second-order valence-corrected chi connectivity index (χ2v) is 11.0. The molecule has 0 saturated heterocycles. The molecule has 32 heavy (non-hydrogen) atoms. The van der Waals surface area contributed by atoms with Crippen LogP contribution in [-0.2, 0) is 14.8 Å². The first kappa shape index (κ1) is 25.7. The number of hydrogen-bond donors (Lipinski definition) is 3. The number of aliphatic hydroxyl groups is 1. The maximum Gasteiger partial charge on any atom is 0.412 e. The van der Waals surface area contributed by atoms with Crippen molar-refractivity contribution in [3.8, 4) is 0 Å². The number of halogens is 1. The number of hydrogen-bond acceptors (Lipinski definition) is 8. The number of thiophene rings is 1. The number of anilines is 1. The number of ether oxygens (including phenoxy) is 1. The fraction of sp³-hybridized carbons (Fsp3) is 0.400. The van der Waals surface area contributed by atoms with Crippen LogP contribution in [0.2, 0.25) is 0 Å². The van der Waals surface area contributed by atoms with Crippen molar-refractivity contribution >= 4 is 38.2 Å². The number of carbonyl (C=O) groups excluding carboxylic acids is 1. The third-order valence-corrected chi connectivity index (χ3v) is 7.33. The molecule has 1 heterocycles. The van der Waals surface area contributed by atoms with Crippen molar-refractivity contribution in [2.45, 2.75) is 44.3 Å². The Labute approximate surface area is 190 Å². The van der Waals surface area contributed by atoms with Gasteiger partial charge in [0.05, 0.1) is 16.7 Å². The molecule has 0 aliphatic heterocycles. The zero-order valence-corrected chi connectivity index (χ0v) is 19.9. The topological polar surface area (TPSA) is 129 Å².